The summed E-state index contributed by atoms with van der Waals surface area (Å²) >= 11 is 5.56. The van der Waals surface area contributed by atoms with Crippen molar-refractivity contribution >= 4 is 27.4 Å². The maximum absolute atomic E-state index is 14.4. The van der Waals surface area contributed by atoms with Crippen LogP contribution >= 0.6 is 11.6 Å². The van der Waals surface area contributed by atoms with Crippen molar-refractivity contribution in [2.24, 2.45) is 0 Å². The van der Waals surface area contributed by atoms with E-state index in [4.69, 9.17) is 11.6 Å². The van der Waals surface area contributed by atoms with Crippen LogP contribution in [0.2, 0.25) is 5.02 Å². The minimum absolute atomic E-state index is 0.0109. The summed E-state index contributed by atoms with van der Waals surface area (Å²) in [5, 5.41) is 28.5. The molecule has 2 aromatic carbocycles. The first kappa shape index (κ1) is 19.4. The Labute approximate surface area is 157 Å². The van der Waals surface area contributed by atoms with Crippen LogP contribution in [0, 0.1) is 11.6 Å². The summed E-state index contributed by atoms with van der Waals surface area (Å²) in [6.07, 6.45) is 1.22. The molecule has 0 unspecified atom stereocenters. The number of benzene rings is 2. The normalized spacial score (nSPS) is 14.3. The van der Waals surface area contributed by atoms with Crippen LogP contribution in [0.5, 0.6) is 11.5 Å². The Hall–Kier alpha value is -2.39. The van der Waals surface area contributed by atoms with Gasteiger partial charge in [-0.05, 0) is 36.5 Å². The van der Waals surface area contributed by atoms with Gasteiger partial charge in [0.05, 0.1) is 10.8 Å². The lowest BCUT2D eigenvalue weighted by atomic mass is 10.0. The summed E-state index contributed by atoms with van der Waals surface area (Å²) in [6.45, 7) is 0. The average Bonchev–Trinajstić information content (AvgIpc) is 3.38. The van der Waals surface area contributed by atoms with Crippen LogP contribution in [0.25, 0.3) is 0 Å². The average molecular weight is 419 g/mol. The highest BCUT2D eigenvalue weighted by atomic mass is 35.5. The molecule has 3 rings (SSSR count). The van der Waals surface area contributed by atoms with Gasteiger partial charge in [-0.1, -0.05) is 11.6 Å². The lowest BCUT2D eigenvalue weighted by Gasteiger charge is -2.14. The third kappa shape index (κ3) is 3.57. The second-order valence-corrected chi connectivity index (χ2v) is 8.60. The lowest BCUT2D eigenvalue weighted by Crippen LogP contribution is -2.11. The Kier molecular flexibility index (Phi) is 4.77. The zero-order valence-electron chi connectivity index (χ0n) is 13.5. The standard InChI is InChI=1S/C17H13ClF2O6S/c18-10-4-13(12(21)5-11(10)19)27(25,26)6-8-3-9(7-1-2-7)15(20)14(16(8)22)17(23)24/h3-5,7,21-22H,1-2,6H2,(H,23,24). The van der Waals surface area contributed by atoms with E-state index in [-0.39, 0.29) is 17.0 Å². The topological polar surface area (TPSA) is 112 Å². The molecule has 27 heavy (non-hydrogen) atoms. The van der Waals surface area contributed by atoms with Crippen molar-refractivity contribution < 1.29 is 37.3 Å². The minimum atomic E-state index is -4.36. The van der Waals surface area contributed by atoms with Crippen molar-refractivity contribution in [1.29, 1.82) is 0 Å². The highest BCUT2D eigenvalue weighted by Gasteiger charge is 2.33. The number of phenolic OH excluding ortho intramolecular Hbond substituents is 1. The van der Waals surface area contributed by atoms with Gasteiger partial charge in [0.25, 0.3) is 0 Å². The van der Waals surface area contributed by atoms with Crippen LogP contribution in [0.3, 0.4) is 0 Å². The molecule has 1 aliphatic carbocycles. The lowest BCUT2D eigenvalue weighted by molar-refractivity contribution is 0.0688. The summed E-state index contributed by atoms with van der Waals surface area (Å²) < 4.78 is 52.9. The Morgan fingerprint density at radius 1 is 1.19 bits per heavy atom. The van der Waals surface area contributed by atoms with E-state index in [0.29, 0.717) is 25.0 Å². The summed E-state index contributed by atoms with van der Waals surface area (Å²) in [7, 11) is -4.36. The van der Waals surface area contributed by atoms with Crippen molar-refractivity contribution in [2.45, 2.75) is 29.4 Å². The predicted molar refractivity (Wildman–Crippen MR) is 91.0 cm³/mol. The molecule has 144 valence electrons. The number of carboxylic acids is 1. The third-order valence-electron chi connectivity index (χ3n) is 4.26. The van der Waals surface area contributed by atoms with E-state index in [9.17, 15) is 37.3 Å². The first-order valence-corrected chi connectivity index (χ1v) is 9.74. The number of hydrogen-bond acceptors (Lipinski definition) is 5. The zero-order valence-corrected chi connectivity index (χ0v) is 15.1. The van der Waals surface area contributed by atoms with Crippen LogP contribution in [-0.2, 0) is 15.6 Å². The van der Waals surface area contributed by atoms with E-state index in [0.717, 1.165) is 6.07 Å². The summed E-state index contributed by atoms with van der Waals surface area (Å²) in [6, 6.07) is 2.34. The summed E-state index contributed by atoms with van der Waals surface area (Å²) in [5.74, 6) is -6.95. The van der Waals surface area contributed by atoms with Crippen LogP contribution in [-0.4, -0.2) is 29.7 Å². The molecule has 0 spiro atoms. The number of carbonyl (C=O) groups is 1. The first-order chi connectivity index (χ1) is 12.5. The van der Waals surface area contributed by atoms with Crippen molar-refractivity contribution in [3.63, 3.8) is 0 Å². The number of hydrogen-bond donors (Lipinski definition) is 3. The fourth-order valence-electron chi connectivity index (χ4n) is 2.77. The molecular formula is C17H13ClF2O6S. The van der Waals surface area contributed by atoms with Crippen LogP contribution in [0.1, 0.15) is 40.2 Å². The number of halogens is 3. The highest BCUT2D eigenvalue weighted by molar-refractivity contribution is 7.90. The smallest absolute Gasteiger partial charge is 0.342 e. The van der Waals surface area contributed by atoms with Gasteiger partial charge in [-0.3, -0.25) is 0 Å². The van der Waals surface area contributed by atoms with E-state index < -0.39 is 60.2 Å². The van der Waals surface area contributed by atoms with Crippen LogP contribution in [0.15, 0.2) is 23.1 Å². The van der Waals surface area contributed by atoms with E-state index in [2.05, 4.69) is 0 Å². The van der Waals surface area contributed by atoms with Gasteiger partial charge in [0.2, 0.25) is 0 Å². The molecule has 0 aromatic heterocycles. The van der Waals surface area contributed by atoms with Crippen molar-refractivity contribution in [1.82, 2.24) is 0 Å². The van der Waals surface area contributed by atoms with Gasteiger partial charge in [0, 0.05) is 11.6 Å². The van der Waals surface area contributed by atoms with E-state index in [1.165, 1.54) is 0 Å². The quantitative estimate of drug-likeness (QED) is 0.640. The maximum atomic E-state index is 14.4. The van der Waals surface area contributed by atoms with E-state index in [1.807, 2.05) is 0 Å². The van der Waals surface area contributed by atoms with Crippen molar-refractivity contribution in [2.75, 3.05) is 0 Å². The number of phenols is 2. The fourth-order valence-corrected chi connectivity index (χ4v) is 4.46. The molecule has 1 fully saturated rings. The SMILES string of the molecule is O=C(O)c1c(O)c(CS(=O)(=O)c2cc(Cl)c(F)cc2O)cc(C2CC2)c1F. The molecule has 0 heterocycles. The molecule has 1 aliphatic rings. The molecule has 0 radical (unpaired) electrons. The zero-order chi connectivity index (χ0) is 20.1. The van der Waals surface area contributed by atoms with Gasteiger partial charge < -0.3 is 15.3 Å². The molecule has 0 saturated heterocycles. The van der Waals surface area contributed by atoms with Crippen molar-refractivity contribution in [3.8, 4) is 11.5 Å². The molecule has 1 saturated carbocycles. The van der Waals surface area contributed by atoms with Gasteiger partial charge in [-0.25, -0.2) is 22.0 Å². The van der Waals surface area contributed by atoms with Gasteiger partial charge in [0.1, 0.15) is 33.6 Å². The first-order valence-electron chi connectivity index (χ1n) is 7.71. The monoisotopic (exact) mass is 418 g/mol. The number of aromatic hydroxyl groups is 2. The molecule has 2 aromatic rings. The molecule has 6 nitrogen and oxygen atoms in total. The number of aromatic carboxylic acids is 1. The molecule has 0 atom stereocenters. The largest absolute Gasteiger partial charge is 0.507 e. The summed E-state index contributed by atoms with van der Waals surface area (Å²) in [4.78, 5) is 10.6. The number of rotatable bonds is 5. The molecule has 0 aliphatic heterocycles. The third-order valence-corrected chi connectivity index (χ3v) is 6.23. The second kappa shape index (κ2) is 6.65. The van der Waals surface area contributed by atoms with Gasteiger partial charge in [0.15, 0.2) is 9.84 Å². The highest BCUT2D eigenvalue weighted by Crippen LogP contribution is 2.45. The fraction of sp³-hybridized carbons (Fsp3) is 0.235. The Bertz CT molecular complexity index is 1060. The van der Waals surface area contributed by atoms with Crippen LogP contribution in [0.4, 0.5) is 8.78 Å². The van der Waals surface area contributed by atoms with E-state index >= 15 is 0 Å². The summed E-state index contributed by atoms with van der Waals surface area (Å²) in [5.41, 5.74) is -1.33. The molecule has 10 heteroatoms. The Balaban J connectivity index is 2.12. The Morgan fingerprint density at radius 3 is 2.37 bits per heavy atom. The molecule has 0 amide bonds. The number of sulfone groups is 1. The second-order valence-electron chi connectivity index (χ2n) is 6.24. The van der Waals surface area contributed by atoms with E-state index in [1.54, 1.807) is 0 Å². The van der Waals surface area contributed by atoms with Gasteiger partial charge in [-0.2, -0.15) is 0 Å². The molecule has 3 N–H and O–H groups in total. The van der Waals surface area contributed by atoms with Gasteiger partial charge in [-0.15, -0.1) is 0 Å². The van der Waals surface area contributed by atoms with Crippen molar-refractivity contribution in [3.05, 3.63) is 51.5 Å². The van der Waals surface area contributed by atoms with Crippen LogP contribution < -0.4 is 0 Å². The minimum Gasteiger partial charge on any atom is -0.507 e. The van der Waals surface area contributed by atoms with Gasteiger partial charge >= 0.3 is 5.97 Å². The molecule has 0 bridgehead atoms. The maximum Gasteiger partial charge on any atom is 0.342 e. The predicted octanol–water partition coefficient (Wildman–Crippen LogP) is 3.58. The number of carboxylic acid groups (broad SMARTS) is 1. The molecular weight excluding hydrogens is 406 g/mol. The Morgan fingerprint density at radius 2 is 1.81 bits per heavy atom.